The summed E-state index contributed by atoms with van der Waals surface area (Å²) in [5, 5.41) is 3.72. The minimum Gasteiger partial charge on any atom is -0.481 e. The first-order chi connectivity index (χ1) is 10.7. The molecule has 3 heteroatoms. The Morgan fingerprint density at radius 3 is 2.73 bits per heavy atom. The van der Waals surface area contributed by atoms with Gasteiger partial charge in [0.25, 0.3) is 0 Å². The van der Waals surface area contributed by atoms with E-state index < -0.39 is 0 Å². The van der Waals surface area contributed by atoms with Crippen LogP contribution in [0.2, 0.25) is 0 Å². The number of ether oxygens (including phenoxy) is 1. The predicted octanol–water partition coefficient (Wildman–Crippen LogP) is 4.00. The molecule has 1 aliphatic carbocycles. The maximum atomic E-state index is 5.20. The van der Waals surface area contributed by atoms with Crippen LogP contribution in [-0.4, -0.2) is 18.1 Å². The van der Waals surface area contributed by atoms with Gasteiger partial charge in [0.1, 0.15) is 0 Å². The van der Waals surface area contributed by atoms with Gasteiger partial charge in [-0.3, -0.25) is 0 Å². The molecule has 0 spiro atoms. The normalized spacial score (nSPS) is 22.0. The Bertz CT molecular complexity index is 635. The van der Waals surface area contributed by atoms with Crippen molar-refractivity contribution in [1.82, 2.24) is 10.3 Å². The molecule has 1 saturated carbocycles. The smallest absolute Gasteiger partial charge is 0.213 e. The van der Waals surface area contributed by atoms with Crippen LogP contribution in [0, 0.1) is 6.92 Å². The van der Waals surface area contributed by atoms with E-state index in [4.69, 9.17) is 4.74 Å². The molecule has 0 amide bonds. The van der Waals surface area contributed by atoms with Gasteiger partial charge in [-0.25, -0.2) is 4.98 Å². The van der Waals surface area contributed by atoms with Crippen molar-refractivity contribution in [3.63, 3.8) is 0 Å². The van der Waals surface area contributed by atoms with Crippen molar-refractivity contribution in [3.05, 3.63) is 59.3 Å². The fourth-order valence-electron chi connectivity index (χ4n) is 3.31. The second-order valence-corrected chi connectivity index (χ2v) is 6.24. The standard InChI is InChI=1S/C19H24N2O/c1-13-6-4-5-7-18(13)16-10-17(11-16)21-14(2)15-8-9-20-19(12-15)22-3/h4-9,12,14,16-17,21H,10-11H2,1-3H3. The van der Waals surface area contributed by atoms with Crippen molar-refractivity contribution < 1.29 is 4.74 Å². The van der Waals surface area contributed by atoms with Crippen molar-refractivity contribution in [2.45, 2.75) is 44.7 Å². The van der Waals surface area contributed by atoms with E-state index in [0.29, 0.717) is 23.9 Å². The average molecular weight is 296 g/mol. The Kier molecular flexibility index (Phi) is 4.44. The summed E-state index contributed by atoms with van der Waals surface area (Å²) in [6.07, 6.45) is 4.25. The maximum absolute atomic E-state index is 5.20. The van der Waals surface area contributed by atoms with Gasteiger partial charge >= 0.3 is 0 Å². The van der Waals surface area contributed by atoms with E-state index >= 15 is 0 Å². The molecule has 1 heterocycles. The molecule has 0 saturated heterocycles. The number of aryl methyl sites for hydroxylation is 1. The highest BCUT2D eigenvalue weighted by atomic mass is 16.5. The third kappa shape index (κ3) is 3.14. The molecule has 2 aromatic rings. The summed E-state index contributed by atoms with van der Waals surface area (Å²) >= 11 is 0. The van der Waals surface area contributed by atoms with Crippen molar-refractivity contribution in [2.24, 2.45) is 0 Å². The van der Waals surface area contributed by atoms with E-state index in [1.165, 1.54) is 29.5 Å². The Morgan fingerprint density at radius 2 is 2.00 bits per heavy atom. The van der Waals surface area contributed by atoms with E-state index in [9.17, 15) is 0 Å². The van der Waals surface area contributed by atoms with Gasteiger partial charge in [0.05, 0.1) is 7.11 Å². The number of benzene rings is 1. The molecule has 1 N–H and O–H groups in total. The fraction of sp³-hybridized carbons (Fsp3) is 0.421. The average Bonchev–Trinajstić information content (AvgIpc) is 2.51. The molecule has 1 aromatic carbocycles. The van der Waals surface area contributed by atoms with Crippen LogP contribution in [0.1, 0.15) is 48.4 Å². The zero-order chi connectivity index (χ0) is 15.5. The first-order valence-corrected chi connectivity index (χ1v) is 7.99. The van der Waals surface area contributed by atoms with Gasteiger partial charge in [-0.05, 0) is 55.4 Å². The third-order valence-electron chi connectivity index (χ3n) is 4.72. The van der Waals surface area contributed by atoms with E-state index in [0.717, 1.165) is 0 Å². The number of nitrogens with zero attached hydrogens (tertiary/aromatic N) is 1. The predicted molar refractivity (Wildman–Crippen MR) is 89.3 cm³/mol. The number of nitrogens with one attached hydrogen (secondary N) is 1. The van der Waals surface area contributed by atoms with Crippen LogP contribution < -0.4 is 10.1 Å². The van der Waals surface area contributed by atoms with Gasteiger partial charge in [-0.2, -0.15) is 0 Å². The van der Waals surface area contributed by atoms with Crippen LogP contribution in [0.4, 0.5) is 0 Å². The van der Waals surface area contributed by atoms with Gasteiger partial charge in [-0.1, -0.05) is 24.3 Å². The lowest BCUT2D eigenvalue weighted by Crippen LogP contribution is -2.41. The Labute approximate surface area is 132 Å². The van der Waals surface area contributed by atoms with Crippen LogP contribution in [0.25, 0.3) is 0 Å². The van der Waals surface area contributed by atoms with Crippen LogP contribution in [0.3, 0.4) is 0 Å². The largest absolute Gasteiger partial charge is 0.481 e. The van der Waals surface area contributed by atoms with Crippen molar-refractivity contribution in [3.8, 4) is 5.88 Å². The molecule has 0 radical (unpaired) electrons. The molecular weight excluding hydrogens is 272 g/mol. The molecule has 116 valence electrons. The highest BCUT2D eigenvalue weighted by Gasteiger charge is 2.31. The summed E-state index contributed by atoms with van der Waals surface area (Å²) in [7, 11) is 1.66. The van der Waals surface area contributed by atoms with Crippen molar-refractivity contribution in [1.29, 1.82) is 0 Å². The molecule has 1 aliphatic rings. The van der Waals surface area contributed by atoms with Crippen LogP contribution >= 0.6 is 0 Å². The summed E-state index contributed by atoms with van der Waals surface area (Å²) in [6.45, 7) is 4.41. The van der Waals surface area contributed by atoms with Crippen molar-refractivity contribution in [2.75, 3.05) is 7.11 Å². The van der Waals surface area contributed by atoms with E-state index in [1.54, 1.807) is 7.11 Å². The lowest BCUT2D eigenvalue weighted by atomic mass is 9.74. The first-order valence-electron chi connectivity index (χ1n) is 7.99. The monoisotopic (exact) mass is 296 g/mol. The fourth-order valence-corrected chi connectivity index (χ4v) is 3.31. The third-order valence-corrected chi connectivity index (χ3v) is 4.72. The topological polar surface area (TPSA) is 34.1 Å². The molecule has 1 unspecified atom stereocenters. The molecule has 1 atom stereocenters. The van der Waals surface area contributed by atoms with Gasteiger partial charge in [-0.15, -0.1) is 0 Å². The SMILES string of the molecule is COc1cc(C(C)NC2CC(c3ccccc3C)C2)ccn1. The molecule has 22 heavy (non-hydrogen) atoms. The minimum atomic E-state index is 0.319. The van der Waals surface area contributed by atoms with E-state index in [2.05, 4.69) is 54.5 Å². The summed E-state index contributed by atoms with van der Waals surface area (Å²) in [5.74, 6) is 1.38. The zero-order valence-corrected chi connectivity index (χ0v) is 13.5. The Balaban J connectivity index is 1.56. The second kappa shape index (κ2) is 6.49. The Hall–Kier alpha value is -1.87. The summed E-state index contributed by atoms with van der Waals surface area (Å²) in [5.41, 5.74) is 4.16. The van der Waals surface area contributed by atoms with Crippen LogP contribution in [-0.2, 0) is 0 Å². The van der Waals surface area contributed by atoms with Crippen LogP contribution in [0.15, 0.2) is 42.6 Å². The molecule has 0 bridgehead atoms. The molecular formula is C19H24N2O. The molecule has 3 nitrogen and oxygen atoms in total. The van der Waals surface area contributed by atoms with Crippen molar-refractivity contribution >= 4 is 0 Å². The first kappa shape index (κ1) is 15.0. The number of methoxy groups -OCH3 is 1. The number of hydrogen-bond donors (Lipinski definition) is 1. The van der Waals surface area contributed by atoms with Gasteiger partial charge in [0.15, 0.2) is 0 Å². The minimum absolute atomic E-state index is 0.319. The van der Waals surface area contributed by atoms with Crippen LogP contribution in [0.5, 0.6) is 5.88 Å². The zero-order valence-electron chi connectivity index (χ0n) is 13.5. The van der Waals surface area contributed by atoms with Gasteiger partial charge in [0, 0.05) is 24.3 Å². The van der Waals surface area contributed by atoms with Gasteiger partial charge in [0.2, 0.25) is 5.88 Å². The number of pyridine rings is 1. The highest BCUT2D eigenvalue weighted by Crippen LogP contribution is 2.39. The second-order valence-electron chi connectivity index (χ2n) is 6.24. The molecule has 3 rings (SSSR count). The number of aromatic nitrogens is 1. The maximum Gasteiger partial charge on any atom is 0.213 e. The lowest BCUT2D eigenvalue weighted by Gasteiger charge is -2.39. The Morgan fingerprint density at radius 1 is 1.23 bits per heavy atom. The number of rotatable bonds is 5. The molecule has 1 aromatic heterocycles. The summed E-state index contributed by atoms with van der Waals surface area (Å²) in [6, 6.07) is 13.7. The summed E-state index contributed by atoms with van der Waals surface area (Å²) in [4.78, 5) is 4.16. The molecule has 0 aliphatic heterocycles. The van der Waals surface area contributed by atoms with Gasteiger partial charge < -0.3 is 10.1 Å². The highest BCUT2D eigenvalue weighted by molar-refractivity contribution is 5.31. The van der Waals surface area contributed by atoms with E-state index in [1.807, 2.05) is 12.3 Å². The van der Waals surface area contributed by atoms with E-state index in [-0.39, 0.29) is 0 Å². The lowest BCUT2D eigenvalue weighted by molar-refractivity contribution is 0.270. The summed E-state index contributed by atoms with van der Waals surface area (Å²) < 4.78 is 5.20. The number of hydrogen-bond acceptors (Lipinski definition) is 3. The molecule has 1 fully saturated rings. The quantitative estimate of drug-likeness (QED) is 0.905.